The Bertz CT molecular complexity index is 1420. The average Bonchev–Trinajstić information content (AvgIpc) is 3.47. The molecule has 0 radical (unpaired) electrons. The van der Waals surface area contributed by atoms with E-state index in [9.17, 15) is 9.59 Å². The van der Waals surface area contributed by atoms with E-state index in [1.165, 1.54) is 9.13 Å². The van der Waals surface area contributed by atoms with Crippen molar-refractivity contribution in [3.63, 3.8) is 0 Å². The molecule has 0 amide bonds. The van der Waals surface area contributed by atoms with Crippen LogP contribution in [0.25, 0.3) is 33.9 Å². The van der Waals surface area contributed by atoms with E-state index in [0.29, 0.717) is 22.8 Å². The molecule has 0 aliphatic heterocycles. The highest BCUT2D eigenvalue weighted by atomic mass is 16.5. The summed E-state index contributed by atoms with van der Waals surface area (Å²) in [5, 5.41) is 0. The molecule has 34 heavy (non-hydrogen) atoms. The van der Waals surface area contributed by atoms with Gasteiger partial charge in [-0.2, -0.15) is 0 Å². The normalized spacial score (nSPS) is 10.9. The predicted octanol–water partition coefficient (Wildman–Crippen LogP) is 4.00. The minimum absolute atomic E-state index is 0.251. The van der Waals surface area contributed by atoms with Gasteiger partial charge in [-0.3, -0.25) is 9.13 Å². The maximum Gasteiger partial charge on any atom is 0.330 e. The summed E-state index contributed by atoms with van der Waals surface area (Å²) in [6.07, 6.45) is 3.51. The van der Waals surface area contributed by atoms with Crippen molar-refractivity contribution in [2.45, 2.75) is 0 Å². The van der Waals surface area contributed by atoms with Crippen LogP contribution in [0.4, 0.5) is 0 Å². The zero-order valence-corrected chi connectivity index (χ0v) is 18.6. The monoisotopic (exact) mass is 454 g/mol. The molecule has 2 heterocycles. The molecule has 0 fully saturated rings. The van der Waals surface area contributed by atoms with Gasteiger partial charge in [0, 0.05) is 12.4 Å². The fourth-order valence-electron chi connectivity index (χ4n) is 3.78. The second kappa shape index (κ2) is 8.67. The Balaban J connectivity index is 1.42. The number of aromatic nitrogens is 4. The summed E-state index contributed by atoms with van der Waals surface area (Å²) in [4.78, 5) is 30.9. The van der Waals surface area contributed by atoms with Gasteiger partial charge >= 0.3 is 11.4 Å². The second-order valence-corrected chi connectivity index (χ2v) is 7.66. The summed E-state index contributed by atoms with van der Waals surface area (Å²) in [6, 6.07) is 22.1. The van der Waals surface area contributed by atoms with Crippen LogP contribution in [0.5, 0.6) is 11.5 Å². The lowest BCUT2D eigenvalue weighted by molar-refractivity contribution is 0.415. The number of hydrogen-bond donors (Lipinski definition) is 2. The molecule has 0 unspecified atom stereocenters. The molecular weight excluding hydrogens is 432 g/mol. The van der Waals surface area contributed by atoms with Gasteiger partial charge in [-0.1, -0.05) is 0 Å². The van der Waals surface area contributed by atoms with Crippen molar-refractivity contribution >= 4 is 0 Å². The number of H-pyrrole nitrogens is 2. The van der Waals surface area contributed by atoms with Crippen molar-refractivity contribution in [3.05, 3.63) is 106 Å². The molecule has 2 N–H and O–H groups in total. The van der Waals surface area contributed by atoms with E-state index in [-0.39, 0.29) is 11.4 Å². The third kappa shape index (κ3) is 3.93. The third-order valence-electron chi connectivity index (χ3n) is 5.65. The number of methoxy groups -OCH3 is 2. The molecule has 8 heteroatoms. The lowest BCUT2D eigenvalue weighted by atomic mass is 10.1. The van der Waals surface area contributed by atoms with Crippen LogP contribution < -0.4 is 20.9 Å². The number of nitrogens with zero attached hydrogens (tertiary/aromatic N) is 2. The lowest BCUT2D eigenvalue weighted by Gasteiger charge is -2.05. The van der Waals surface area contributed by atoms with Crippen LogP contribution in [-0.2, 0) is 0 Å². The maximum atomic E-state index is 12.6. The molecule has 0 aliphatic carbocycles. The fraction of sp³-hybridized carbons (Fsp3) is 0.0769. The zero-order valence-electron chi connectivity index (χ0n) is 18.6. The molecule has 0 aliphatic rings. The highest BCUT2D eigenvalue weighted by Crippen LogP contribution is 2.23. The zero-order chi connectivity index (χ0) is 23.7. The van der Waals surface area contributed by atoms with E-state index < -0.39 is 0 Å². The molecule has 0 saturated carbocycles. The Morgan fingerprint density at radius 2 is 0.912 bits per heavy atom. The number of nitrogens with one attached hydrogen (secondary N) is 2. The molecule has 0 spiro atoms. The van der Waals surface area contributed by atoms with Crippen molar-refractivity contribution in [1.29, 1.82) is 0 Å². The number of hydrogen-bond acceptors (Lipinski definition) is 4. The molecule has 5 rings (SSSR count). The molecular formula is C26H22N4O4. The molecule has 8 nitrogen and oxygen atoms in total. The van der Waals surface area contributed by atoms with Gasteiger partial charge in [-0.15, -0.1) is 0 Å². The smallest absolute Gasteiger partial charge is 0.330 e. The van der Waals surface area contributed by atoms with Gasteiger partial charge in [0.2, 0.25) is 0 Å². The minimum Gasteiger partial charge on any atom is -0.497 e. The van der Waals surface area contributed by atoms with Crippen molar-refractivity contribution in [2.24, 2.45) is 0 Å². The van der Waals surface area contributed by atoms with Crippen molar-refractivity contribution < 1.29 is 9.47 Å². The summed E-state index contributed by atoms with van der Waals surface area (Å²) in [7, 11) is 3.22. The van der Waals surface area contributed by atoms with E-state index in [1.807, 2.05) is 48.5 Å². The summed E-state index contributed by atoms with van der Waals surface area (Å²) < 4.78 is 13.4. The van der Waals surface area contributed by atoms with E-state index in [1.54, 1.807) is 50.9 Å². The highest BCUT2D eigenvalue weighted by Gasteiger charge is 2.10. The topological polar surface area (TPSA) is 94.0 Å². The van der Waals surface area contributed by atoms with Gasteiger partial charge < -0.3 is 19.4 Å². The van der Waals surface area contributed by atoms with Gasteiger partial charge in [0.05, 0.1) is 37.0 Å². The molecule has 0 atom stereocenters. The molecule has 3 aromatic carbocycles. The van der Waals surface area contributed by atoms with Gasteiger partial charge in [-0.05, 0) is 83.9 Å². The number of imidazole rings is 2. The number of aromatic amines is 2. The molecule has 5 aromatic rings. The van der Waals surface area contributed by atoms with Crippen molar-refractivity contribution in [3.8, 4) is 45.4 Å². The quantitative estimate of drug-likeness (QED) is 0.406. The Morgan fingerprint density at radius 3 is 1.24 bits per heavy atom. The van der Waals surface area contributed by atoms with E-state index >= 15 is 0 Å². The van der Waals surface area contributed by atoms with Crippen molar-refractivity contribution in [1.82, 2.24) is 19.1 Å². The first kappa shape index (κ1) is 21.1. The van der Waals surface area contributed by atoms with E-state index in [0.717, 1.165) is 22.6 Å². The standard InChI is InChI=1S/C26H22N4O4/c1-33-21-11-3-17(4-12-21)23-15-29(25(31)27-23)19-7-9-20(10-8-19)30-16-24(28-26(30)32)18-5-13-22(34-2)14-6-18/h3-16H,1-2H3,(H,27,31)(H,28,32). The van der Waals surface area contributed by atoms with Gasteiger partial charge in [0.1, 0.15) is 11.5 Å². The van der Waals surface area contributed by atoms with Crippen LogP contribution >= 0.6 is 0 Å². The van der Waals surface area contributed by atoms with Gasteiger partial charge in [0.15, 0.2) is 0 Å². The van der Waals surface area contributed by atoms with Crippen LogP contribution in [0.3, 0.4) is 0 Å². The first-order chi connectivity index (χ1) is 16.6. The van der Waals surface area contributed by atoms with Crippen LogP contribution in [0.1, 0.15) is 0 Å². The molecule has 0 saturated heterocycles. The Labute approximate surface area is 194 Å². The largest absolute Gasteiger partial charge is 0.497 e. The number of benzene rings is 3. The number of rotatable bonds is 6. The highest BCUT2D eigenvalue weighted by molar-refractivity contribution is 5.61. The van der Waals surface area contributed by atoms with Crippen LogP contribution in [0, 0.1) is 0 Å². The van der Waals surface area contributed by atoms with E-state index in [4.69, 9.17) is 9.47 Å². The summed E-state index contributed by atoms with van der Waals surface area (Å²) in [5.41, 5.74) is 4.01. The van der Waals surface area contributed by atoms with Crippen LogP contribution in [0.15, 0.2) is 94.8 Å². The fourth-order valence-corrected chi connectivity index (χ4v) is 3.78. The number of ether oxygens (including phenoxy) is 2. The first-order valence-corrected chi connectivity index (χ1v) is 10.6. The van der Waals surface area contributed by atoms with Crippen LogP contribution in [-0.4, -0.2) is 33.3 Å². The summed E-state index contributed by atoms with van der Waals surface area (Å²) >= 11 is 0. The average molecular weight is 454 g/mol. The predicted molar refractivity (Wildman–Crippen MR) is 130 cm³/mol. The minimum atomic E-state index is -0.251. The second-order valence-electron chi connectivity index (χ2n) is 7.66. The first-order valence-electron chi connectivity index (χ1n) is 10.6. The lowest BCUT2D eigenvalue weighted by Crippen LogP contribution is -2.15. The Hall–Kier alpha value is -4.72. The molecule has 2 aromatic heterocycles. The Kier molecular flexibility index (Phi) is 5.39. The van der Waals surface area contributed by atoms with Crippen LogP contribution in [0.2, 0.25) is 0 Å². The SMILES string of the molecule is COc1ccc(-c2cn(-c3ccc(-n4cc(-c5ccc(OC)cc5)[nH]c4=O)cc3)c(=O)[nH]2)cc1. The molecule has 0 bridgehead atoms. The third-order valence-corrected chi connectivity index (χ3v) is 5.65. The van der Waals surface area contributed by atoms with E-state index in [2.05, 4.69) is 9.97 Å². The maximum absolute atomic E-state index is 12.6. The van der Waals surface area contributed by atoms with Gasteiger partial charge in [0.25, 0.3) is 0 Å². The summed E-state index contributed by atoms with van der Waals surface area (Å²) in [6.45, 7) is 0. The molecule has 170 valence electrons. The van der Waals surface area contributed by atoms with Crippen molar-refractivity contribution in [2.75, 3.05) is 14.2 Å². The van der Waals surface area contributed by atoms with Gasteiger partial charge in [-0.25, -0.2) is 9.59 Å². The Morgan fingerprint density at radius 1 is 0.559 bits per heavy atom. The summed E-state index contributed by atoms with van der Waals surface area (Å²) in [5.74, 6) is 1.49.